The number of Topliss-reactive ketones (excluding diaryl/α,β-unsaturated/α-hetero) is 1. The maximum Gasteiger partial charge on any atom is 0.309 e. The Morgan fingerprint density at radius 1 is 0.809 bits per heavy atom. The van der Waals surface area contributed by atoms with Crippen LogP contribution in [0.15, 0.2) is 42.7 Å². The summed E-state index contributed by atoms with van der Waals surface area (Å²) in [5.41, 5.74) is 6.75. The number of nitrogens with two attached hydrogens (primary N) is 1. The lowest BCUT2D eigenvalue weighted by Gasteiger charge is -2.35. The Balaban J connectivity index is 0.000000205. The van der Waals surface area contributed by atoms with E-state index in [0.717, 1.165) is 75.5 Å². The van der Waals surface area contributed by atoms with E-state index in [0.29, 0.717) is 29.4 Å². The fourth-order valence-corrected chi connectivity index (χ4v) is 6.67. The van der Waals surface area contributed by atoms with Gasteiger partial charge in [0.15, 0.2) is 0 Å². The zero-order valence-electron chi connectivity index (χ0n) is 30.9. The predicted molar refractivity (Wildman–Crippen MR) is 196 cm³/mol. The lowest BCUT2D eigenvalue weighted by Crippen LogP contribution is -2.44. The molecule has 0 spiro atoms. The van der Waals surface area contributed by atoms with Crippen molar-refractivity contribution < 1.29 is 19.8 Å². The predicted octanol–water partition coefficient (Wildman–Crippen LogP) is 8.16. The number of piperidine rings is 1. The average molecular weight is 656 g/mol. The first-order chi connectivity index (χ1) is 22.1. The highest BCUT2D eigenvalue weighted by Crippen LogP contribution is 2.46. The molecule has 7 nitrogen and oxygen atoms in total. The molecule has 0 bridgehead atoms. The quantitative estimate of drug-likeness (QED) is 0.281. The number of carboxylic acid groups (broad SMARTS) is 1. The molecule has 5 fully saturated rings. The molecule has 2 aliphatic heterocycles. The van der Waals surface area contributed by atoms with Crippen LogP contribution in [0.5, 0.6) is 0 Å². The van der Waals surface area contributed by atoms with E-state index in [4.69, 9.17) is 15.9 Å². The van der Waals surface area contributed by atoms with Crippen LogP contribution < -0.4 is 5.73 Å². The molecule has 7 heteroatoms. The molecule has 47 heavy (non-hydrogen) atoms. The second-order valence-corrected chi connectivity index (χ2v) is 15.9. The van der Waals surface area contributed by atoms with Gasteiger partial charge in [0.1, 0.15) is 5.78 Å². The minimum atomic E-state index is -0.648. The van der Waals surface area contributed by atoms with E-state index in [1.54, 1.807) is 6.92 Å². The van der Waals surface area contributed by atoms with Crippen LogP contribution in [0, 0.1) is 35.0 Å². The molecule has 1 aromatic carbocycles. The topological polar surface area (TPSA) is 107 Å². The van der Waals surface area contributed by atoms with Crippen LogP contribution in [0.4, 0.5) is 0 Å². The number of benzene rings is 1. The smallest absolute Gasteiger partial charge is 0.309 e. The molecule has 2 atom stereocenters. The van der Waals surface area contributed by atoms with Crippen LogP contribution in [-0.2, 0) is 9.59 Å². The van der Waals surface area contributed by atoms with Gasteiger partial charge in [0, 0.05) is 31.0 Å². The lowest BCUT2D eigenvalue weighted by molar-refractivity contribution is -0.150. The maximum atomic E-state index is 10.9. The van der Waals surface area contributed by atoms with E-state index in [1.807, 2.05) is 21.0 Å². The number of ketones is 1. The van der Waals surface area contributed by atoms with Gasteiger partial charge in [-0.2, -0.15) is 0 Å². The number of aliphatic hydroxyl groups excluding tert-OH is 1. The van der Waals surface area contributed by atoms with Crippen molar-refractivity contribution in [3.8, 4) is 0 Å². The summed E-state index contributed by atoms with van der Waals surface area (Å²) in [5, 5.41) is 17.6. The molecule has 3 aliphatic carbocycles. The molecule has 0 aromatic heterocycles. The number of carbonyl (C=O) groups is 2. The van der Waals surface area contributed by atoms with Gasteiger partial charge < -0.3 is 25.7 Å². The van der Waals surface area contributed by atoms with E-state index in [9.17, 15) is 9.59 Å². The summed E-state index contributed by atoms with van der Waals surface area (Å²) in [6, 6.07) is 11.3. The number of hydrogen-bond acceptors (Lipinski definition) is 6. The number of rotatable bonds is 4. The summed E-state index contributed by atoms with van der Waals surface area (Å²) >= 11 is 0. The van der Waals surface area contributed by atoms with Crippen molar-refractivity contribution in [3.05, 3.63) is 48.2 Å². The van der Waals surface area contributed by atoms with Crippen molar-refractivity contribution in [1.82, 2.24) is 9.80 Å². The van der Waals surface area contributed by atoms with Crippen molar-refractivity contribution in [1.29, 1.82) is 0 Å². The monoisotopic (exact) mass is 656 g/mol. The molecule has 0 amide bonds. The number of hydrogen-bond donors (Lipinski definition) is 3. The Morgan fingerprint density at radius 2 is 1.28 bits per heavy atom. The first-order valence-electron chi connectivity index (χ1n) is 18.4. The van der Waals surface area contributed by atoms with Crippen LogP contribution >= 0.6 is 0 Å². The zero-order valence-corrected chi connectivity index (χ0v) is 30.9. The summed E-state index contributed by atoms with van der Waals surface area (Å²) in [4.78, 5) is 26.0. The molecule has 4 N–H and O–H groups in total. The largest absolute Gasteiger partial charge is 0.513 e. The fourth-order valence-electron chi connectivity index (χ4n) is 6.67. The van der Waals surface area contributed by atoms with Crippen molar-refractivity contribution in [2.24, 2.45) is 40.7 Å². The van der Waals surface area contributed by atoms with Gasteiger partial charge in [-0.15, -0.1) is 0 Å². The molecule has 2 saturated heterocycles. The highest BCUT2D eigenvalue weighted by atomic mass is 16.4. The van der Waals surface area contributed by atoms with Crippen molar-refractivity contribution in [3.63, 3.8) is 0 Å². The highest BCUT2D eigenvalue weighted by Gasteiger charge is 2.36. The Hall–Kier alpha value is -2.22. The third kappa shape index (κ3) is 15.7. The lowest BCUT2D eigenvalue weighted by atomic mass is 9.81. The third-order valence-electron chi connectivity index (χ3n) is 11.1. The summed E-state index contributed by atoms with van der Waals surface area (Å²) in [7, 11) is 4.06. The first kappa shape index (κ1) is 41.0. The van der Waals surface area contributed by atoms with E-state index in [-0.39, 0.29) is 0 Å². The van der Waals surface area contributed by atoms with Gasteiger partial charge in [0.05, 0.1) is 11.2 Å². The standard InChI is InChI=1S/C10H12.C9H16O.C8H15NO2.C7H15N.C6H11NO/c1-8-7-10(8)9-5-3-2-4-6-9;1-7-3-5-9(6-4-7)8(2)10;1-8(7(10)11)3-5-9(2)6-4-8;1-6-2-4-7(8)5-3-6;1-5(8)6-3-7(2)4-6/h2-6,8,10H,7H2,1H3;7,9H,3-6H2,1-2H3;3-6H2,1-2H3,(H,10,11);6-7H,2-5,8H2,1H3;6,8H,1,3-4H2,2H3/t8-,10?;;;;/m1..../s1. The minimum absolute atomic E-state index is 0.336. The van der Waals surface area contributed by atoms with Crippen molar-refractivity contribution >= 4 is 11.8 Å². The molecule has 268 valence electrons. The molecular formula is C40H69N3O4. The van der Waals surface area contributed by atoms with E-state index in [1.165, 1.54) is 50.5 Å². The normalized spacial score (nSPS) is 30.0. The van der Waals surface area contributed by atoms with Gasteiger partial charge in [0.25, 0.3) is 0 Å². The first-order valence-corrected chi connectivity index (χ1v) is 18.4. The fraction of sp³-hybridized carbons (Fsp3) is 0.750. The van der Waals surface area contributed by atoms with E-state index >= 15 is 0 Å². The van der Waals surface area contributed by atoms with Crippen molar-refractivity contribution in [2.45, 2.75) is 117 Å². The average Bonchev–Trinajstić information content (AvgIpc) is 3.77. The summed E-state index contributed by atoms with van der Waals surface area (Å²) < 4.78 is 0. The van der Waals surface area contributed by atoms with Gasteiger partial charge in [0.2, 0.25) is 0 Å². The Kier molecular flexibility index (Phi) is 17.7. The summed E-state index contributed by atoms with van der Waals surface area (Å²) in [5.74, 6) is 4.44. The van der Waals surface area contributed by atoms with Gasteiger partial charge in [-0.1, -0.05) is 70.5 Å². The molecular weight excluding hydrogens is 586 g/mol. The molecule has 3 saturated carbocycles. The number of likely N-dealkylation sites (tertiary alicyclic amines) is 2. The number of carboxylic acids is 1. The van der Waals surface area contributed by atoms with Gasteiger partial charge in [-0.25, -0.2) is 0 Å². The van der Waals surface area contributed by atoms with E-state index in [2.05, 4.69) is 67.5 Å². The molecule has 2 heterocycles. The minimum Gasteiger partial charge on any atom is -0.513 e. The van der Waals surface area contributed by atoms with Crippen LogP contribution in [0.3, 0.4) is 0 Å². The summed E-state index contributed by atoms with van der Waals surface area (Å²) in [6.07, 6.45) is 12.9. The molecule has 5 aliphatic rings. The maximum absolute atomic E-state index is 10.9. The molecule has 1 unspecified atom stereocenters. The highest BCUT2D eigenvalue weighted by molar-refractivity contribution is 5.78. The van der Waals surface area contributed by atoms with Crippen molar-refractivity contribution in [2.75, 3.05) is 40.3 Å². The SMILES string of the molecule is C=C(O)C1CN(C)C1.CC(=O)C1CCC(C)CC1.CC1CCC(N)CC1.CN1CCC(C)(C(=O)O)CC1.C[C@@H]1CC1c1ccccc1. The van der Waals surface area contributed by atoms with Gasteiger partial charge in [-0.05, 0) is 128 Å². The van der Waals surface area contributed by atoms with Crippen LogP contribution in [0.2, 0.25) is 0 Å². The Bertz CT molecular complexity index is 1040. The Labute approximate surface area is 287 Å². The van der Waals surface area contributed by atoms with Gasteiger partial charge in [-0.3, -0.25) is 9.59 Å². The number of aliphatic carboxylic acids is 1. The second kappa shape index (κ2) is 20.3. The molecule has 0 radical (unpaired) electrons. The summed E-state index contributed by atoms with van der Waals surface area (Å²) in [6.45, 7) is 17.6. The van der Waals surface area contributed by atoms with Gasteiger partial charge >= 0.3 is 5.97 Å². The number of carbonyl (C=O) groups excluding carboxylic acids is 1. The number of nitrogens with zero attached hydrogens (tertiary/aromatic N) is 2. The Morgan fingerprint density at radius 3 is 1.62 bits per heavy atom. The van der Waals surface area contributed by atoms with E-state index < -0.39 is 11.4 Å². The zero-order chi connectivity index (χ0) is 35.1. The molecule has 6 rings (SSSR count). The third-order valence-corrected chi connectivity index (χ3v) is 11.1. The van der Waals surface area contributed by atoms with Crippen LogP contribution in [0.1, 0.15) is 117 Å². The second-order valence-electron chi connectivity index (χ2n) is 15.9. The molecule has 1 aromatic rings. The number of aliphatic hydroxyl groups is 1. The van der Waals surface area contributed by atoms with Crippen LogP contribution in [0.25, 0.3) is 0 Å². The van der Waals surface area contributed by atoms with Crippen LogP contribution in [-0.4, -0.2) is 78.1 Å².